The van der Waals surface area contributed by atoms with Gasteiger partial charge in [-0.2, -0.15) is 0 Å². The van der Waals surface area contributed by atoms with Crippen LogP contribution in [0.2, 0.25) is 10.0 Å². The SMILES string of the molecule is O=C(COc1ccc(Cl)c(F)c1)NN1CCC(C(=O)Nc2nc3cc(Cl)ccc3[nH]2)CC1. The second-order valence-corrected chi connectivity index (χ2v) is 8.24. The summed E-state index contributed by atoms with van der Waals surface area (Å²) in [5.41, 5.74) is 4.19. The third-order valence-corrected chi connectivity index (χ3v) is 5.64. The summed E-state index contributed by atoms with van der Waals surface area (Å²) in [5, 5.41) is 5.10. The van der Waals surface area contributed by atoms with Crippen LogP contribution in [0.1, 0.15) is 12.8 Å². The molecule has 11 heteroatoms. The molecule has 0 spiro atoms. The van der Waals surface area contributed by atoms with E-state index in [1.807, 2.05) is 0 Å². The van der Waals surface area contributed by atoms with Gasteiger partial charge in [0.05, 0.1) is 16.1 Å². The van der Waals surface area contributed by atoms with Crippen LogP contribution in [-0.2, 0) is 9.59 Å². The maximum atomic E-state index is 13.4. The minimum atomic E-state index is -0.614. The highest BCUT2D eigenvalue weighted by Gasteiger charge is 2.26. The minimum Gasteiger partial charge on any atom is -0.484 e. The number of ether oxygens (including phenoxy) is 1. The Labute approximate surface area is 193 Å². The number of aromatic amines is 1. The van der Waals surface area contributed by atoms with E-state index in [1.54, 1.807) is 23.2 Å². The molecule has 0 unspecified atom stereocenters. The Kier molecular flexibility index (Phi) is 6.78. The summed E-state index contributed by atoms with van der Waals surface area (Å²) in [4.78, 5) is 32.1. The second kappa shape index (κ2) is 9.72. The van der Waals surface area contributed by atoms with Gasteiger partial charge < -0.3 is 9.72 Å². The van der Waals surface area contributed by atoms with Gasteiger partial charge in [0, 0.05) is 30.1 Å². The lowest BCUT2D eigenvalue weighted by Gasteiger charge is -2.31. The Morgan fingerprint density at radius 3 is 2.72 bits per heavy atom. The number of piperidine rings is 1. The fourth-order valence-corrected chi connectivity index (χ4v) is 3.72. The van der Waals surface area contributed by atoms with Crippen molar-refractivity contribution in [2.24, 2.45) is 5.92 Å². The van der Waals surface area contributed by atoms with Gasteiger partial charge in [-0.25, -0.2) is 14.4 Å². The van der Waals surface area contributed by atoms with Crippen molar-refractivity contribution < 1.29 is 18.7 Å². The molecule has 1 saturated heterocycles. The van der Waals surface area contributed by atoms with E-state index in [9.17, 15) is 14.0 Å². The maximum Gasteiger partial charge on any atom is 0.272 e. The number of fused-ring (bicyclic) bond motifs is 1. The second-order valence-electron chi connectivity index (χ2n) is 7.40. The molecule has 1 aliphatic heterocycles. The fourth-order valence-electron chi connectivity index (χ4n) is 3.43. The molecule has 1 aliphatic rings. The lowest BCUT2D eigenvalue weighted by Crippen LogP contribution is -2.49. The standard InChI is InChI=1S/C21H20Cl2FN5O3/c22-13-1-4-17-18(9-13)26-21(25-17)27-20(31)12-5-7-29(8-6-12)28-19(30)11-32-14-2-3-15(23)16(24)10-14/h1-4,9-10,12H,5-8,11H2,(H,28,30)(H2,25,26,27,31). The predicted molar refractivity (Wildman–Crippen MR) is 119 cm³/mol. The minimum absolute atomic E-state index is 0.0153. The first-order chi connectivity index (χ1) is 15.4. The number of rotatable bonds is 6. The van der Waals surface area contributed by atoms with Gasteiger partial charge in [0.2, 0.25) is 11.9 Å². The number of benzene rings is 2. The summed E-state index contributed by atoms with van der Waals surface area (Å²) in [7, 11) is 0. The monoisotopic (exact) mass is 479 g/mol. The van der Waals surface area contributed by atoms with Crippen molar-refractivity contribution in [2.45, 2.75) is 12.8 Å². The molecule has 0 saturated carbocycles. The predicted octanol–water partition coefficient (Wildman–Crippen LogP) is 3.77. The fraction of sp³-hybridized carbons (Fsp3) is 0.286. The maximum absolute atomic E-state index is 13.4. The molecule has 2 aromatic carbocycles. The Balaban J connectivity index is 1.22. The van der Waals surface area contributed by atoms with Crippen LogP contribution in [0.4, 0.5) is 10.3 Å². The normalized spacial score (nSPS) is 15.0. The summed E-state index contributed by atoms with van der Waals surface area (Å²) in [6.07, 6.45) is 1.14. The first-order valence-corrected chi connectivity index (χ1v) is 10.7. The van der Waals surface area contributed by atoms with Gasteiger partial charge >= 0.3 is 0 Å². The quantitative estimate of drug-likeness (QED) is 0.499. The van der Waals surface area contributed by atoms with Gasteiger partial charge in [-0.3, -0.25) is 20.3 Å². The number of anilines is 1. The van der Waals surface area contributed by atoms with Crippen molar-refractivity contribution in [3.8, 4) is 5.75 Å². The number of nitrogens with one attached hydrogen (secondary N) is 3. The van der Waals surface area contributed by atoms with E-state index < -0.39 is 5.82 Å². The average molecular weight is 480 g/mol. The molecule has 8 nitrogen and oxygen atoms in total. The van der Waals surface area contributed by atoms with Gasteiger partial charge in [-0.1, -0.05) is 23.2 Å². The van der Waals surface area contributed by atoms with E-state index in [0.717, 1.165) is 11.6 Å². The summed E-state index contributed by atoms with van der Waals surface area (Å²) in [5.74, 6) is -0.730. The Morgan fingerprint density at radius 2 is 1.97 bits per heavy atom. The number of amides is 2. The van der Waals surface area contributed by atoms with Gasteiger partial charge in [0.15, 0.2) is 6.61 Å². The van der Waals surface area contributed by atoms with Crippen LogP contribution >= 0.6 is 23.2 Å². The molecule has 1 aromatic heterocycles. The highest BCUT2D eigenvalue weighted by molar-refractivity contribution is 6.31. The van der Waals surface area contributed by atoms with Crippen molar-refractivity contribution in [3.05, 3.63) is 52.3 Å². The molecule has 0 atom stereocenters. The molecular formula is C21H20Cl2FN5O3. The number of H-pyrrole nitrogens is 1. The summed E-state index contributed by atoms with van der Waals surface area (Å²) in [6, 6.07) is 9.23. The van der Waals surface area contributed by atoms with E-state index >= 15 is 0 Å². The first kappa shape index (κ1) is 22.3. The molecule has 4 rings (SSSR count). The van der Waals surface area contributed by atoms with Gasteiger partial charge in [-0.15, -0.1) is 0 Å². The highest BCUT2D eigenvalue weighted by Crippen LogP contribution is 2.22. The zero-order valence-electron chi connectivity index (χ0n) is 16.8. The van der Waals surface area contributed by atoms with Crippen LogP contribution in [-0.4, -0.2) is 46.5 Å². The number of imidazole rings is 1. The Hall–Kier alpha value is -2.88. The summed E-state index contributed by atoms with van der Waals surface area (Å²) < 4.78 is 18.7. The van der Waals surface area contributed by atoms with Crippen LogP contribution in [0.25, 0.3) is 11.0 Å². The number of aromatic nitrogens is 2. The Morgan fingerprint density at radius 1 is 1.19 bits per heavy atom. The van der Waals surface area contributed by atoms with Gasteiger partial charge in [0.25, 0.3) is 5.91 Å². The van der Waals surface area contributed by atoms with Gasteiger partial charge in [-0.05, 0) is 43.2 Å². The van der Waals surface area contributed by atoms with E-state index in [0.29, 0.717) is 42.4 Å². The zero-order valence-corrected chi connectivity index (χ0v) is 18.3. The number of halogens is 3. The van der Waals surface area contributed by atoms with Crippen LogP contribution < -0.4 is 15.5 Å². The third-order valence-electron chi connectivity index (χ3n) is 5.10. The molecule has 3 aromatic rings. The van der Waals surface area contributed by atoms with Crippen LogP contribution in [0.15, 0.2) is 36.4 Å². The van der Waals surface area contributed by atoms with Crippen molar-refractivity contribution in [1.29, 1.82) is 0 Å². The topological polar surface area (TPSA) is 99.3 Å². The molecule has 3 N–H and O–H groups in total. The lowest BCUT2D eigenvalue weighted by atomic mass is 9.97. The van der Waals surface area contributed by atoms with Gasteiger partial charge in [0.1, 0.15) is 11.6 Å². The number of carbonyl (C=O) groups excluding carboxylic acids is 2. The molecule has 32 heavy (non-hydrogen) atoms. The van der Waals surface area contributed by atoms with E-state index in [1.165, 1.54) is 12.1 Å². The number of nitrogens with zero attached hydrogens (tertiary/aromatic N) is 2. The van der Waals surface area contributed by atoms with E-state index in [-0.39, 0.29) is 35.1 Å². The number of carbonyl (C=O) groups is 2. The summed E-state index contributed by atoms with van der Waals surface area (Å²) >= 11 is 11.6. The highest BCUT2D eigenvalue weighted by atomic mass is 35.5. The number of hydrogen-bond donors (Lipinski definition) is 3. The van der Waals surface area contributed by atoms with Crippen LogP contribution in [0.5, 0.6) is 5.75 Å². The largest absolute Gasteiger partial charge is 0.484 e. The first-order valence-electron chi connectivity index (χ1n) is 9.96. The molecule has 2 amide bonds. The smallest absolute Gasteiger partial charge is 0.272 e. The molecule has 168 valence electrons. The molecule has 0 radical (unpaired) electrons. The number of hydrogen-bond acceptors (Lipinski definition) is 5. The third kappa shape index (κ3) is 5.48. The number of hydrazine groups is 1. The molecule has 2 heterocycles. The zero-order chi connectivity index (χ0) is 22.7. The average Bonchev–Trinajstić information content (AvgIpc) is 3.16. The molecular weight excluding hydrogens is 460 g/mol. The van der Waals surface area contributed by atoms with Crippen molar-refractivity contribution in [1.82, 2.24) is 20.4 Å². The van der Waals surface area contributed by atoms with Crippen molar-refractivity contribution in [2.75, 3.05) is 25.0 Å². The van der Waals surface area contributed by atoms with Crippen molar-refractivity contribution >= 4 is 52.0 Å². The van der Waals surface area contributed by atoms with E-state index in [2.05, 4.69) is 20.7 Å². The van der Waals surface area contributed by atoms with Crippen LogP contribution in [0.3, 0.4) is 0 Å². The van der Waals surface area contributed by atoms with E-state index in [4.69, 9.17) is 27.9 Å². The lowest BCUT2D eigenvalue weighted by molar-refractivity contribution is -0.129. The van der Waals surface area contributed by atoms with Crippen molar-refractivity contribution in [3.63, 3.8) is 0 Å². The Bertz CT molecular complexity index is 1150. The molecule has 0 bridgehead atoms. The van der Waals surface area contributed by atoms with Crippen LogP contribution in [0, 0.1) is 11.7 Å². The molecule has 1 fully saturated rings. The summed E-state index contributed by atoms with van der Waals surface area (Å²) in [6.45, 7) is 0.752. The molecule has 0 aliphatic carbocycles.